The number of hydrogen-bond donors (Lipinski definition) is 3. The standard InChI is InChI=1S/C21H20N4O3S/c1-13-18(20(26)24-15-6-4-3-5-7-15)19(25-21(29)23-13)14-8-9-16(28-11-10-22)17(12-14)27-2/h3-9,12,19H,11H2,1-2H3,(H,24,26)(H2,23,25,29)/t19-/m0/s1. The average molecular weight is 408 g/mol. The lowest BCUT2D eigenvalue weighted by atomic mass is 9.94. The fourth-order valence-electron chi connectivity index (χ4n) is 3.06. The normalized spacial score (nSPS) is 15.6. The van der Waals surface area contributed by atoms with E-state index in [0.717, 1.165) is 5.56 Å². The van der Waals surface area contributed by atoms with Crippen LogP contribution in [0, 0.1) is 11.3 Å². The molecule has 1 amide bonds. The molecule has 0 saturated heterocycles. The number of nitriles is 1. The van der Waals surface area contributed by atoms with E-state index >= 15 is 0 Å². The van der Waals surface area contributed by atoms with E-state index in [0.29, 0.717) is 33.6 Å². The van der Waals surface area contributed by atoms with Crippen molar-refractivity contribution in [3.63, 3.8) is 0 Å². The van der Waals surface area contributed by atoms with E-state index in [1.165, 1.54) is 7.11 Å². The van der Waals surface area contributed by atoms with Gasteiger partial charge in [0.25, 0.3) is 5.91 Å². The number of carbonyl (C=O) groups is 1. The van der Waals surface area contributed by atoms with Gasteiger partial charge in [0.2, 0.25) is 0 Å². The van der Waals surface area contributed by atoms with Crippen LogP contribution in [0.1, 0.15) is 18.5 Å². The molecule has 0 spiro atoms. The predicted molar refractivity (Wildman–Crippen MR) is 113 cm³/mol. The van der Waals surface area contributed by atoms with E-state index in [2.05, 4.69) is 16.0 Å². The third kappa shape index (κ3) is 4.65. The van der Waals surface area contributed by atoms with E-state index in [1.807, 2.05) is 49.4 Å². The number of carbonyl (C=O) groups excluding carboxylic acids is 1. The topological polar surface area (TPSA) is 95.4 Å². The molecule has 1 atom stereocenters. The maximum absolute atomic E-state index is 13.0. The number of allylic oxidation sites excluding steroid dienone is 1. The number of nitrogens with zero attached hydrogens (tertiary/aromatic N) is 1. The Morgan fingerprint density at radius 1 is 1.24 bits per heavy atom. The molecule has 2 aromatic carbocycles. The quantitative estimate of drug-likeness (QED) is 0.633. The van der Waals surface area contributed by atoms with E-state index in [1.54, 1.807) is 12.1 Å². The number of methoxy groups -OCH3 is 1. The van der Waals surface area contributed by atoms with Crippen LogP contribution in [-0.2, 0) is 4.79 Å². The van der Waals surface area contributed by atoms with Gasteiger partial charge in [0.1, 0.15) is 6.07 Å². The number of nitrogens with one attached hydrogen (secondary N) is 3. The third-order valence-corrected chi connectivity index (χ3v) is 4.58. The fourth-order valence-corrected chi connectivity index (χ4v) is 3.33. The number of anilines is 1. The van der Waals surface area contributed by atoms with Crippen LogP contribution in [0.15, 0.2) is 59.8 Å². The molecular formula is C21H20N4O3S. The number of benzene rings is 2. The number of amides is 1. The SMILES string of the molecule is COc1cc([C@@H]2NC(=S)NC(C)=C2C(=O)Nc2ccccc2)ccc1OCC#N. The van der Waals surface area contributed by atoms with Crippen LogP contribution in [0.4, 0.5) is 5.69 Å². The molecule has 2 aromatic rings. The van der Waals surface area contributed by atoms with Crippen LogP contribution in [0.2, 0.25) is 0 Å². The molecule has 0 fully saturated rings. The predicted octanol–water partition coefficient (Wildman–Crippen LogP) is 3.03. The van der Waals surface area contributed by atoms with Crippen LogP contribution in [0.25, 0.3) is 0 Å². The minimum absolute atomic E-state index is 0.0882. The van der Waals surface area contributed by atoms with Crippen molar-refractivity contribution in [2.75, 3.05) is 19.0 Å². The number of hydrogen-bond acceptors (Lipinski definition) is 5. The van der Waals surface area contributed by atoms with Crippen LogP contribution < -0.4 is 25.4 Å². The van der Waals surface area contributed by atoms with Crippen molar-refractivity contribution in [3.05, 3.63) is 65.4 Å². The van der Waals surface area contributed by atoms with E-state index in [-0.39, 0.29) is 12.5 Å². The molecule has 0 aliphatic carbocycles. The summed E-state index contributed by atoms with van der Waals surface area (Å²) in [4.78, 5) is 13.0. The van der Waals surface area contributed by atoms with Crippen molar-refractivity contribution in [1.29, 1.82) is 5.26 Å². The number of rotatable bonds is 6. The van der Waals surface area contributed by atoms with E-state index < -0.39 is 6.04 Å². The average Bonchev–Trinajstić information content (AvgIpc) is 2.72. The van der Waals surface area contributed by atoms with Crippen LogP contribution in [0.5, 0.6) is 11.5 Å². The molecule has 29 heavy (non-hydrogen) atoms. The van der Waals surface area contributed by atoms with Crippen molar-refractivity contribution in [2.24, 2.45) is 0 Å². The Hall–Kier alpha value is -3.57. The molecule has 3 N–H and O–H groups in total. The van der Waals surface area contributed by atoms with Crippen molar-refractivity contribution in [3.8, 4) is 17.6 Å². The summed E-state index contributed by atoms with van der Waals surface area (Å²) in [6.45, 7) is 1.72. The van der Waals surface area contributed by atoms with Crippen molar-refractivity contribution in [1.82, 2.24) is 10.6 Å². The summed E-state index contributed by atoms with van der Waals surface area (Å²) in [5, 5.41) is 18.2. The highest BCUT2D eigenvalue weighted by atomic mass is 32.1. The first kappa shape index (κ1) is 20.2. The van der Waals surface area contributed by atoms with Gasteiger partial charge in [-0.05, 0) is 49.0 Å². The molecule has 0 radical (unpaired) electrons. The van der Waals surface area contributed by atoms with Gasteiger partial charge < -0.3 is 25.4 Å². The lowest BCUT2D eigenvalue weighted by Crippen LogP contribution is -2.45. The van der Waals surface area contributed by atoms with Crippen LogP contribution in [0.3, 0.4) is 0 Å². The van der Waals surface area contributed by atoms with Gasteiger partial charge in [-0.25, -0.2) is 0 Å². The fraction of sp³-hybridized carbons (Fsp3) is 0.190. The Kier molecular flexibility index (Phi) is 6.32. The molecule has 3 rings (SSSR count). The van der Waals surface area contributed by atoms with Gasteiger partial charge in [-0.2, -0.15) is 5.26 Å². The zero-order valence-corrected chi connectivity index (χ0v) is 16.8. The first-order valence-corrected chi connectivity index (χ1v) is 9.26. The molecular weight excluding hydrogens is 388 g/mol. The summed E-state index contributed by atoms with van der Waals surface area (Å²) < 4.78 is 10.8. The Morgan fingerprint density at radius 3 is 2.69 bits per heavy atom. The smallest absolute Gasteiger partial charge is 0.255 e. The largest absolute Gasteiger partial charge is 0.493 e. The highest BCUT2D eigenvalue weighted by molar-refractivity contribution is 7.80. The number of para-hydroxylation sites is 1. The Labute approximate surface area is 174 Å². The number of thiocarbonyl (C=S) groups is 1. The minimum atomic E-state index is -0.480. The summed E-state index contributed by atoms with van der Waals surface area (Å²) in [5.41, 5.74) is 2.64. The first-order valence-electron chi connectivity index (χ1n) is 8.86. The summed E-state index contributed by atoms with van der Waals surface area (Å²) in [7, 11) is 1.52. The monoisotopic (exact) mass is 408 g/mol. The van der Waals surface area contributed by atoms with Gasteiger partial charge in [-0.1, -0.05) is 24.3 Å². The molecule has 1 aliphatic heterocycles. The molecule has 0 aromatic heterocycles. The third-order valence-electron chi connectivity index (χ3n) is 4.36. The Bertz CT molecular complexity index is 999. The second-order valence-electron chi connectivity index (χ2n) is 6.25. The Balaban J connectivity index is 1.95. The highest BCUT2D eigenvalue weighted by Crippen LogP contribution is 2.34. The molecule has 1 heterocycles. The molecule has 148 valence electrons. The minimum Gasteiger partial charge on any atom is -0.493 e. The van der Waals surface area contributed by atoms with Gasteiger partial charge in [0.05, 0.1) is 18.7 Å². The zero-order chi connectivity index (χ0) is 20.8. The summed E-state index contributed by atoms with van der Waals surface area (Å²) in [6, 6.07) is 16.0. The van der Waals surface area contributed by atoms with Gasteiger partial charge in [0, 0.05) is 11.4 Å². The zero-order valence-electron chi connectivity index (χ0n) is 16.0. The summed E-state index contributed by atoms with van der Waals surface area (Å²) in [6.07, 6.45) is 0. The maximum atomic E-state index is 13.0. The molecule has 0 unspecified atom stereocenters. The lowest BCUT2D eigenvalue weighted by molar-refractivity contribution is -0.113. The van der Waals surface area contributed by atoms with Crippen molar-refractivity contribution < 1.29 is 14.3 Å². The Morgan fingerprint density at radius 2 is 2.00 bits per heavy atom. The molecule has 1 aliphatic rings. The number of ether oxygens (including phenoxy) is 2. The second-order valence-corrected chi connectivity index (χ2v) is 6.66. The second kappa shape index (κ2) is 9.08. The van der Waals surface area contributed by atoms with Gasteiger partial charge in [-0.3, -0.25) is 4.79 Å². The highest BCUT2D eigenvalue weighted by Gasteiger charge is 2.30. The summed E-state index contributed by atoms with van der Waals surface area (Å²) in [5.74, 6) is 0.666. The molecule has 0 bridgehead atoms. The molecule has 7 nitrogen and oxygen atoms in total. The van der Waals surface area contributed by atoms with E-state index in [4.69, 9.17) is 27.0 Å². The van der Waals surface area contributed by atoms with Crippen molar-refractivity contribution >= 4 is 28.9 Å². The van der Waals surface area contributed by atoms with Crippen molar-refractivity contribution in [2.45, 2.75) is 13.0 Å². The van der Waals surface area contributed by atoms with Gasteiger partial charge in [0.15, 0.2) is 23.2 Å². The maximum Gasteiger partial charge on any atom is 0.255 e. The summed E-state index contributed by atoms with van der Waals surface area (Å²) >= 11 is 5.29. The molecule has 8 heteroatoms. The van der Waals surface area contributed by atoms with Gasteiger partial charge in [-0.15, -0.1) is 0 Å². The lowest BCUT2D eigenvalue weighted by Gasteiger charge is -2.30. The van der Waals surface area contributed by atoms with Crippen LogP contribution in [-0.4, -0.2) is 24.7 Å². The van der Waals surface area contributed by atoms with Crippen LogP contribution >= 0.6 is 12.2 Å². The first-order chi connectivity index (χ1) is 14.0. The van der Waals surface area contributed by atoms with E-state index in [9.17, 15) is 4.79 Å². The van der Waals surface area contributed by atoms with Gasteiger partial charge >= 0.3 is 0 Å². The molecule has 0 saturated carbocycles.